The van der Waals surface area contributed by atoms with E-state index in [9.17, 15) is 4.79 Å². The maximum Gasteiger partial charge on any atom is 0.227 e. The van der Waals surface area contributed by atoms with Crippen molar-refractivity contribution in [3.63, 3.8) is 0 Å². The molecule has 0 fully saturated rings. The highest BCUT2D eigenvalue weighted by molar-refractivity contribution is 5.84. The molecule has 0 aliphatic carbocycles. The fourth-order valence-corrected chi connectivity index (χ4v) is 1.42. The van der Waals surface area contributed by atoms with E-state index in [1.54, 1.807) is 14.1 Å². The Morgan fingerprint density at radius 3 is 2.33 bits per heavy atom. The van der Waals surface area contributed by atoms with Gasteiger partial charge in [0.05, 0.1) is 5.41 Å². The van der Waals surface area contributed by atoms with Crippen LogP contribution in [-0.2, 0) is 4.79 Å². The smallest absolute Gasteiger partial charge is 0.227 e. The van der Waals surface area contributed by atoms with Crippen LogP contribution >= 0.6 is 0 Å². The van der Waals surface area contributed by atoms with Gasteiger partial charge in [-0.15, -0.1) is 0 Å². The van der Waals surface area contributed by atoms with E-state index in [1.807, 2.05) is 13.8 Å². The SMILES string of the molecule is CN=C(NCCC(C)C)NCC(C)(C)C(=O)NC. The fraction of sp³-hybridized carbons (Fsp3) is 0.846. The maximum atomic E-state index is 11.6. The second-order valence-electron chi connectivity index (χ2n) is 5.50. The van der Waals surface area contributed by atoms with Gasteiger partial charge in [0, 0.05) is 27.2 Å². The summed E-state index contributed by atoms with van der Waals surface area (Å²) in [5.74, 6) is 1.43. The van der Waals surface area contributed by atoms with Crippen molar-refractivity contribution < 1.29 is 4.79 Å². The van der Waals surface area contributed by atoms with Crippen molar-refractivity contribution in [2.24, 2.45) is 16.3 Å². The molecule has 0 aromatic heterocycles. The molecule has 0 saturated carbocycles. The molecule has 0 atom stereocenters. The lowest BCUT2D eigenvalue weighted by atomic mass is 9.92. The molecule has 5 heteroatoms. The van der Waals surface area contributed by atoms with Crippen molar-refractivity contribution in [2.45, 2.75) is 34.1 Å². The monoisotopic (exact) mass is 256 g/mol. The van der Waals surface area contributed by atoms with Gasteiger partial charge in [-0.1, -0.05) is 13.8 Å². The zero-order valence-electron chi connectivity index (χ0n) is 12.6. The molecule has 0 rings (SSSR count). The zero-order valence-corrected chi connectivity index (χ0v) is 12.6. The van der Waals surface area contributed by atoms with Gasteiger partial charge in [0.25, 0.3) is 0 Å². The van der Waals surface area contributed by atoms with Crippen molar-refractivity contribution in [3.05, 3.63) is 0 Å². The van der Waals surface area contributed by atoms with Crippen LogP contribution in [0.1, 0.15) is 34.1 Å². The Labute approximate surface area is 111 Å². The molecule has 5 nitrogen and oxygen atoms in total. The van der Waals surface area contributed by atoms with Crippen LogP contribution in [0.2, 0.25) is 0 Å². The summed E-state index contributed by atoms with van der Waals surface area (Å²) in [6.07, 6.45) is 1.10. The van der Waals surface area contributed by atoms with E-state index in [4.69, 9.17) is 0 Å². The summed E-state index contributed by atoms with van der Waals surface area (Å²) in [4.78, 5) is 15.8. The van der Waals surface area contributed by atoms with Crippen molar-refractivity contribution in [2.75, 3.05) is 27.2 Å². The molecule has 0 saturated heterocycles. The molecule has 0 radical (unpaired) electrons. The lowest BCUT2D eigenvalue weighted by Gasteiger charge is -2.24. The average molecular weight is 256 g/mol. The lowest BCUT2D eigenvalue weighted by molar-refractivity contribution is -0.128. The number of nitrogens with zero attached hydrogens (tertiary/aromatic N) is 1. The quantitative estimate of drug-likeness (QED) is 0.490. The van der Waals surface area contributed by atoms with Crippen LogP contribution < -0.4 is 16.0 Å². The molecule has 0 bridgehead atoms. The highest BCUT2D eigenvalue weighted by Crippen LogP contribution is 2.12. The number of hydrogen-bond donors (Lipinski definition) is 3. The second kappa shape index (κ2) is 7.95. The lowest BCUT2D eigenvalue weighted by Crippen LogP contribution is -2.47. The van der Waals surface area contributed by atoms with Gasteiger partial charge in [-0.25, -0.2) is 0 Å². The number of nitrogens with one attached hydrogen (secondary N) is 3. The minimum atomic E-state index is -0.454. The zero-order chi connectivity index (χ0) is 14.2. The van der Waals surface area contributed by atoms with E-state index in [0.717, 1.165) is 18.9 Å². The summed E-state index contributed by atoms with van der Waals surface area (Å²) >= 11 is 0. The molecule has 1 amide bonds. The molecule has 0 unspecified atom stereocenters. The standard InChI is InChI=1S/C13H28N4O/c1-10(2)7-8-16-12(15-6)17-9-13(3,4)11(18)14-5/h10H,7-9H2,1-6H3,(H,14,18)(H2,15,16,17). The number of hydrogen-bond acceptors (Lipinski definition) is 2. The summed E-state index contributed by atoms with van der Waals surface area (Å²) < 4.78 is 0. The number of rotatable bonds is 6. The first-order chi connectivity index (χ1) is 8.33. The van der Waals surface area contributed by atoms with Crippen molar-refractivity contribution >= 4 is 11.9 Å². The predicted octanol–water partition coefficient (Wildman–Crippen LogP) is 0.970. The van der Waals surface area contributed by atoms with Crippen LogP contribution in [-0.4, -0.2) is 39.1 Å². The summed E-state index contributed by atoms with van der Waals surface area (Å²) in [5.41, 5.74) is -0.454. The molecule has 0 aromatic carbocycles. The molecular formula is C13H28N4O. The van der Waals surface area contributed by atoms with Crippen LogP contribution in [0.3, 0.4) is 0 Å². The molecule has 0 spiro atoms. The summed E-state index contributed by atoms with van der Waals surface area (Å²) in [6, 6.07) is 0. The van der Waals surface area contributed by atoms with E-state index in [0.29, 0.717) is 12.5 Å². The van der Waals surface area contributed by atoms with E-state index in [-0.39, 0.29) is 5.91 Å². The summed E-state index contributed by atoms with van der Waals surface area (Å²) in [5, 5.41) is 9.08. The Hall–Kier alpha value is -1.26. The molecule has 106 valence electrons. The second-order valence-corrected chi connectivity index (χ2v) is 5.50. The molecule has 0 heterocycles. The van der Waals surface area contributed by atoms with Gasteiger partial charge in [-0.05, 0) is 26.2 Å². The average Bonchev–Trinajstić information content (AvgIpc) is 2.31. The summed E-state index contributed by atoms with van der Waals surface area (Å²) in [6.45, 7) is 9.62. The number of aliphatic imine (C=N–C) groups is 1. The Bertz CT molecular complexity index is 285. The van der Waals surface area contributed by atoms with E-state index in [2.05, 4.69) is 34.8 Å². The van der Waals surface area contributed by atoms with Crippen molar-refractivity contribution in [1.82, 2.24) is 16.0 Å². The third kappa shape index (κ3) is 6.47. The van der Waals surface area contributed by atoms with Crippen molar-refractivity contribution in [1.29, 1.82) is 0 Å². The van der Waals surface area contributed by atoms with Gasteiger partial charge in [0.15, 0.2) is 5.96 Å². The molecule has 0 aliphatic rings. The van der Waals surface area contributed by atoms with Crippen molar-refractivity contribution in [3.8, 4) is 0 Å². The molecule has 0 aromatic rings. The largest absolute Gasteiger partial charge is 0.359 e. The van der Waals surface area contributed by atoms with Gasteiger partial charge in [0.2, 0.25) is 5.91 Å². The van der Waals surface area contributed by atoms with Crippen LogP contribution in [0, 0.1) is 11.3 Å². The first-order valence-electron chi connectivity index (χ1n) is 6.50. The minimum Gasteiger partial charge on any atom is -0.359 e. The third-order valence-electron chi connectivity index (χ3n) is 2.78. The molecule has 3 N–H and O–H groups in total. The minimum absolute atomic E-state index is 0.0210. The normalized spacial score (nSPS) is 12.5. The fourth-order valence-electron chi connectivity index (χ4n) is 1.42. The number of carbonyl (C=O) groups excluding carboxylic acids is 1. The van der Waals surface area contributed by atoms with Crippen LogP contribution in [0.5, 0.6) is 0 Å². The first-order valence-corrected chi connectivity index (χ1v) is 6.50. The first kappa shape index (κ1) is 16.7. The van der Waals surface area contributed by atoms with Crippen LogP contribution in [0.15, 0.2) is 4.99 Å². The number of carbonyl (C=O) groups is 1. The topological polar surface area (TPSA) is 65.5 Å². The van der Waals surface area contributed by atoms with Gasteiger partial charge in [-0.2, -0.15) is 0 Å². The van der Waals surface area contributed by atoms with Gasteiger partial charge < -0.3 is 16.0 Å². The highest BCUT2D eigenvalue weighted by Gasteiger charge is 2.26. The third-order valence-corrected chi connectivity index (χ3v) is 2.78. The Balaban J connectivity index is 4.12. The summed E-state index contributed by atoms with van der Waals surface area (Å²) in [7, 11) is 3.39. The van der Waals surface area contributed by atoms with Gasteiger partial charge >= 0.3 is 0 Å². The molecule has 0 aliphatic heterocycles. The maximum absolute atomic E-state index is 11.6. The van der Waals surface area contributed by atoms with Crippen LogP contribution in [0.4, 0.5) is 0 Å². The molecular weight excluding hydrogens is 228 g/mol. The van der Waals surface area contributed by atoms with Gasteiger partial charge in [-0.3, -0.25) is 9.79 Å². The molecule has 18 heavy (non-hydrogen) atoms. The predicted molar refractivity (Wildman–Crippen MR) is 76.7 cm³/mol. The van der Waals surface area contributed by atoms with E-state index in [1.165, 1.54) is 0 Å². The number of amides is 1. The Morgan fingerprint density at radius 2 is 1.89 bits per heavy atom. The Kier molecular flexibility index (Phi) is 7.39. The number of guanidine groups is 1. The Morgan fingerprint density at radius 1 is 1.28 bits per heavy atom. The van der Waals surface area contributed by atoms with E-state index >= 15 is 0 Å². The highest BCUT2D eigenvalue weighted by atomic mass is 16.2. The van der Waals surface area contributed by atoms with Crippen LogP contribution in [0.25, 0.3) is 0 Å². The van der Waals surface area contributed by atoms with E-state index < -0.39 is 5.41 Å². The van der Waals surface area contributed by atoms with Gasteiger partial charge in [0.1, 0.15) is 0 Å².